The third kappa shape index (κ3) is 2.58. The molecule has 2 aromatic carbocycles. The smallest absolute Gasteiger partial charge is 0.0429 e. The molecule has 0 radical (unpaired) electrons. The summed E-state index contributed by atoms with van der Waals surface area (Å²) in [4.78, 5) is 0. The highest BCUT2D eigenvalue weighted by molar-refractivity contribution is 5.84. The van der Waals surface area contributed by atoms with Crippen molar-refractivity contribution in [2.24, 2.45) is 0 Å². The number of hydrogen-bond donors (Lipinski definition) is 3. The van der Waals surface area contributed by atoms with Crippen LogP contribution in [-0.2, 0) is 0 Å². The van der Waals surface area contributed by atoms with Crippen LogP contribution in [-0.4, -0.2) is 0 Å². The van der Waals surface area contributed by atoms with Gasteiger partial charge in [-0.1, -0.05) is 42.5 Å². The molecule has 0 amide bonds. The molecule has 0 saturated carbocycles. The van der Waals surface area contributed by atoms with E-state index < -0.39 is 0 Å². The second-order valence-corrected chi connectivity index (χ2v) is 3.86. The van der Waals surface area contributed by atoms with Gasteiger partial charge in [0.05, 0.1) is 0 Å². The molecule has 3 nitrogen and oxygen atoms in total. The Hall–Kier alpha value is -2.42. The molecule has 17 heavy (non-hydrogen) atoms. The Morgan fingerprint density at radius 1 is 0.765 bits per heavy atom. The molecule has 0 heterocycles. The van der Waals surface area contributed by atoms with Gasteiger partial charge in [0.2, 0.25) is 0 Å². The molecule has 0 aromatic heterocycles. The first kappa shape index (κ1) is 11.1. The standard InChI is InChI=1S/C14H15N3/c15-11-8-13(16)12(14(17)9-11)7-6-10-4-2-1-3-5-10/h1-9H,15-17H2. The van der Waals surface area contributed by atoms with E-state index in [-0.39, 0.29) is 0 Å². The van der Waals surface area contributed by atoms with Crippen LogP contribution in [0.1, 0.15) is 11.1 Å². The molecule has 0 fully saturated rings. The Kier molecular flexibility index (Phi) is 3.01. The molecule has 0 atom stereocenters. The van der Waals surface area contributed by atoms with Crippen molar-refractivity contribution in [3.05, 3.63) is 53.6 Å². The third-order valence-electron chi connectivity index (χ3n) is 2.51. The average molecular weight is 225 g/mol. The van der Waals surface area contributed by atoms with Gasteiger partial charge in [0, 0.05) is 22.6 Å². The van der Waals surface area contributed by atoms with Crippen LogP contribution in [0.5, 0.6) is 0 Å². The van der Waals surface area contributed by atoms with Crippen molar-refractivity contribution < 1.29 is 0 Å². The van der Waals surface area contributed by atoms with Crippen LogP contribution in [0.2, 0.25) is 0 Å². The highest BCUT2D eigenvalue weighted by Gasteiger charge is 2.01. The minimum atomic E-state index is 0.580. The Bertz CT molecular complexity index is 522. The fourth-order valence-electron chi connectivity index (χ4n) is 1.66. The summed E-state index contributed by atoms with van der Waals surface area (Å²) < 4.78 is 0. The second-order valence-electron chi connectivity index (χ2n) is 3.86. The van der Waals surface area contributed by atoms with Crippen molar-refractivity contribution in [2.75, 3.05) is 17.2 Å². The summed E-state index contributed by atoms with van der Waals surface area (Å²) in [5.74, 6) is 0. The highest BCUT2D eigenvalue weighted by Crippen LogP contribution is 2.25. The van der Waals surface area contributed by atoms with Crippen LogP contribution in [0.4, 0.5) is 17.1 Å². The molecule has 0 bridgehead atoms. The summed E-state index contributed by atoms with van der Waals surface area (Å²) in [5, 5.41) is 0. The predicted octanol–water partition coefficient (Wildman–Crippen LogP) is 2.60. The van der Waals surface area contributed by atoms with Crippen molar-refractivity contribution in [3.8, 4) is 0 Å². The number of nitrogens with two attached hydrogens (primary N) is 3. The monoisotopic (exact) mass is 225 g/mol. The Morgan fingerprint density at radius 2 is 1.35 bits per heavy atom. The van der Waals surface area contributed by atoms with Crippen molar-refractivity contribution >= 4 is 29.2 Å². The van der Waals surface area contributed by atoms with Gasteiger partial charge in [-0.25, -0.2) is 0 Å². The molecule has 0 saturated heterocycles. The van der Waals surface area contributed by atoms with Crippen LogP contribution in [0.3, 0.4) is 0 Å². The van der Waals surface area contributed by atoms with Gasteiger partial charge in [-0.3, -0.25) is 0 Å². The van der Waals surface area contributed by atoms with E-state index in [4.69, 9.17) is 17.2 Å². The minimum absolute atomic E-state index is 0.580. The molecule has 0 spiro atoms. The molecule has 86 valence electrons. The van der Waals surface area contributed by atoms with Crippen LogP contribution < -0.4 is 17.2 Å². The normalized spacial score (nSPS) is 10.8. The first-order valence-electron chi connectivity index (χ1n) is 5.34. The van der Waals surface area contributed by atoms with E-state index in [1.165, 1.54) is 0 Å². The zero-order chi connectivity index (χ0) is 12.3. The van der Waals surface area contributed by atoms with Gasteiger partial charge in [0.15, 0.2) is 0 Å². The lowest BCUT2D eigenvalue weighted by atomic mass is 10.1. The SMILES string of the molecule is Nc1cc(N)c(C=Cc2ccccc2)c(N)c1. The molecule has 0 unspecified atom stereocenters. The fraction of sp³-hybridized carbons (Fsp3) is 0. The molecular weight excluding hydrogens is 210 g/mol. The van der Waals surface area contributed by atoms with Crippen LogP contribution >= 0.6 is 0 Å². The van der Waals surface area contributed by atoms with Gasteiger partial charge >= 0.3 is 0 Å². The molecular formula is C14H15N3. The summed E-state index contributed by atoms with van der Waals surface area (Å²) in [6.07, 6.45) is 3.87. The summed E-state index contributed by atoms with van der Waals surface area (Å²) in [6.45, 7) is 0. The van der Waals surface area contributed by atoms with Crippen molar-refractivity contribution in [1.29, 1.82) is 0 Å². The zero-order valence-electron chi connectivity index (χ0n) is 9.43. The summed E-state index contributed by atoms with van der Waals surface area (Å²) in [5.41, 5.74) is 21.1. The van der Waals surface area contributed by atoms with Gasteiger partial charge in [0.1, 0.15) is 0 Å². The van der Waals surface area contributed by atoms with Crippen molar-refractivity contribution in [1.82, 2.24) is 0 Å². The maximum atomic E-state index is 5.88. The van der Waals surface area contributed by atoms with Crippen molar-refractivity contribution in [2.45, 2.75) is 0 Å². The number of rotatable bonds is 2. The third-order valence-corrected chi connectivity index (χ3v) is 2.51. The zero-order valence-corrected chi connectivity index (χ0v) is 9.43. The number of nitrogen functional groups attached to an aromatic ring is 3. The van der Waals surface area contributed by atoms with Crippen molar-refractivity contribution in [3.63, 3.8) is 0 Å². The fourth-order valence-corrected chi connectivity index (χ4v) is 1.66. The molecule has 2 aromatic rings. The maximum absolute atomic E-state index is 5.88. The van der Waals surface area contributed by atoms with Crippen LogP contribution in [0.25, 0.3) is 12.2 Å². The van der Waals surface area contributed by atoms with Crippen LogP contribution in [0, 0.1) is 0 Å². The average Bonchev–Trinajstić information content (AvgIpc) is 2.29. The van der Waals surface area contributed by atoms with Gasteiger partial charge in [-0.05, 0) is 17.7 Å². The predicted molar refractivity (Wildman–Crippen MR) is 75.0 cm³/mol. The van der Waals surface area contributed by atoms with Gasteiger partial charge in [-0.2, -0.15) is 0 Å². The molecule has 6 N–H and O–H groups in total. The summed E-state index contributed by atoms with van der Waals surface area (Å²) in [6, 6.07) is 13.4. The van der Waals surface area contributed by atoms with E-state index in [0.717, 1.165) is 11.1 Å². The Morgan fingerprint density at radius 3 is 1.94 bits per heavy atom. The summed E-state index contributed by atoms with van der Waals surface area (Å²) in [7, 11) is 0. The quantitative estimate of drug-likeness (QED) is 0.543. The van der Waals surface area contributed by atoms with E-state index in [2.05, 4.69) is 0 Å². The minimum Gasteiger partial charge on any atom is -0.399 e. The van der Waals surface area contributed by atoms with E-state index in [9.17, 15) is 0 Å². The number of anilines is 3. The first-order valence-corrected chi connectivity index (χ1v) is 5.34. The van der Waals surface area contributed by atoms with Gasteiger partial charge in [0.25, 0.3) is 0 Å². The van der Waals surface area contributed by atoms with E-state index in [1.807, 2.05) is 42.5 Å². The molecule has 0 aliphatic heterocycles. The topological polar surface area (TPSA) is 78.1 Å². The number of benzene rings is 2. The maximum Gasteiger partial charge on any atom is 0.0429 e. The molecule has 2 rings (SSSR count). The Balaban J connectivity index is 2.34. The van der Waals surface area contributed by atoms with Gasteiger partial charge < -0.3 is 17.2 Å². The van der Waals surface area contributed by atoms with Crippen LogP contribution in [0.15, 0.2) is 42.5 Å². The van der Waals surface area contributed by atoms with E-state index >= 15 is 0 Å². The lowest BCUT2D eigenvalue weighted by molar-refractivity contribution is 1.61. The van der Waals surface area contributed by atoms with E-state index in [0.29, 0.717) is 17.1 Å². The molecule has 0 aliphatic rings. The van der Waals surface area contributed by atoms with E-state index in [1.54, 1.807) is 12.1 Å². The first-order chi connectivity index (χ1) is 8.16. The highest BCUT2D eigenvalue weighted by atomic mass is 14.7. The lowest BCUT2D eigenvalue weighted by Gasteiger charge is -2.06. The Labute approximate surface area is 101 Å². The molecule has 3 heteroatoms. The summed E-state index contributed by atoms with van der Waals surface area (Å²) >= 11 is 0. The second kappa shape index (κ2) is 4.61. The lowest BCUT2D eigenvalue weighted by Crippen LogP contribution is -1.98. The van der Waals surface area contributed by atoms with Gasteiger partial charge in [-0.15, -0.1) is 0 Å². The molecule has 0 aliphatic carbocycles. The number of hydrogen-bond acceptors (Lipinski definition) is 3. The largest absolute Gasteiger partial charge is 0.399 e.